The Morgan fingerprint density at radius 3 is 2.78 bits per heavy atom. The number of esters is 1. The Morgan fingerprint density at radius 1 is 1.30 bits per heavy atom. The number of ether oxygens (including phenoxy) is 2. The second kappa shape index (κ2) is 7.17. The fourth-order valence-corrected chi connectivity index (χ4v) is 3.52. The van der Waals surface area contributed by atoms with Gasteiger partial charge in [0.25, 0.3) is 0 Å². The molecule has 1 atom stereocenters. The molecule has 1 N–H and O–H groups in total. The predicted molar refractivity (Wildman–Crippen MR) is 92.8 cm³/mol. The van der Waals surface area contributed by atoms with Crippen LogP contribution in [0.4, 0.5) is 5.69 Å². The quantitative estimate of drug-likeness (QED) is 0.663. The van der Waals surface area contributed by atoms with Gasteiger partial charge in [-0.05, 0) is 37.2 Å². The van der Waals surface area contributed by atoms with Crippen molar-refractivity contribution in [1.82, 2.24) is 5.32 Å². The third-order valence-electron chi connectivity index (χ3n) is 4.42. The summed E-state index contributed by atoms with van der Waals surface area (Å²) in [5.41, 5.74) is 0.890. The Balaban J connectivity index is 1.78. The average Bonchev–Trinajstić information content (AvgIpc) is 2.60. The van der Waals surface area contributed by atoms with Crippen molar-refractivity contribution in [3.8, 4) is 5.75 Å². The molecule has 1 aliphatic carbocycles. The van der Waals surface area contributed by atoms with Gasteiger partial charge in [0.1, 0.15) is 5.75 Å². The monoisotopic (exact) mass is 334 g/mol. The minimum atomic E-state index is -0.666. The van der Waals surface area contributed by atoms with Crippen LogP contribution in [0.5, 0.6) is 5.75 Å². The highest BCUT2D eigenvalue weighted by Gasteiger charge is 2.33. The lowest BCUT2D eigenvalue weighted by molar-refractivity contribution is -0.148. The van der Waals surface area contributed by atoms with Gasteiger partial charge < -0.3 is 19.7 Å². The highest BCUT2D eigenvalue weighted by atomic mass is 32.1. The zero-order valence-corrected chi connectivity index (χ0v) is 14.1. The lowest BCUT2D eigenvalue weighted by Crippen LogP contribution is -2.52. The maximum atomic E-state index is 11.9. The van der Waals surface area contributed by atoms with E-state index < -0.39 is 6.10 Å². The molecule has 0 spiro atoms. The second-order valence-corrected chi connectivity index (χ2v) is 6.38. The van der Waals surface area contributed by atoms with E-state index in [0.717, 1.165) is 18.5 Å². The molecule has 1 aliphatic heterocycles. The number of carbonyl (C=O) groups is 1. The van der Waals surface area contributed by atoms with Crippen molar-refractivity contribution in [3.05, 3.63) is 24.3 Å². The summed E-state index contributed by atoms with van der Waals surface area (Å²) in [6.45, 7) is 0.363. The topological polar surface area (TPSA) is 50.8 Å². The Labute approximate surface area is 141 Å². The normalized spacial score (nSPS) is 21.1. The summed E-state index contributed by atoms with van der Waals surface area (Å²) in [6, 6.07) is 8.05. The van der Waals surface area contributed by atoms with E-state index in [0.29, 0.717) is 23.4 Å². The van der Waals surface area contributed by atoms with Crippen LogP contribution in [0.1, 0.15) is 32.1 Å². The summed E-state index contributed by atoms with van der Waals surface area (Å²) in [4.78, 5) is 13.8. The summed E-state index contributed by atoms with van der Waals surface area (Å²) in [6.07, 6.45) is 5.41. The molecule has 1 saturated carbocycles. The van der Waals surface area contributed by atoms with Gasteiger partial charge in [0.05, 0.1) is 19.3 Å². The predicted octanol–water partition coefficient (Wildman–Crippen LogP) is 2.63. The fraction of sp³-hybridized carbons (Fsp3) is 0.529. The largest absolute Gasteiger partial charge is 0.475 e. The molecule has 3 rings (SSSR count). The van der Waals surface area contributed by atoms with Crippen LogP contribution in [0.2, 0.25) is 0 Å². The molecule has 0 amide bonds. The molecular weight excluding hydrogens is 312 g/mol. The van der Waals surface area contributed by atoms with E-state index in [1.807, 2.05) is 29.2 Å². The van der Waals surface area contributed by atoms with Crippen LogP contribution in [-0.2, 0) is 9.53 Å². The number of methoxy groups -OCH3 is 1. The van der Waals surface area contributed by atoms with Crippen molar-refractivity contribution in [3.63, 3.8) is 0 Å². The maximum absolute atomic E-state index is 11.9. The lowest BCUT2D eigenvalue weighted by atomic mass is 9.96. The minimum Gasteiger partial charge on any atom is -0.475 e. The van der Waals surface area contributed by atoms with Crippen LogP contribution in [0.15, 0.2) is 24.3 Å². The summed E-state index contributed by atoms with van der Waals surface area (Å²) >= 11 is 5.61. The van der Waals surface area contributed by atoms with E-state index >= 15 is 0 Å². The van der Waals surface area contributed by atoms with Crippen LogP contribution in [0.25, 0.3) is 0 Å². The maximum Gasteiger partial charge on any atom is 0.348 e. The molecule has 0 aromatic heterocycles. The van der Waals surface area contributed by atoms with E-state index in [1.165, 1.54) is 26.4 Å². The third-order valence-corrected chi connectivity index (χ3v) is 4.75. The smallest absolute Gasteiger partial charge is 0.348 e. The third kappa shape index (κ3) is 3.58. The van der Waals surface area contributed by atoms with Crippen molar-refractivity contribution in [2.75, 3.05) is 18.6 Å². The zero-order valence-electron chi connectivity index (χ0n) is 13.3. The van der Waals surface area contributed by atoms with Gasteiger partial charge in [-0.15, -0.1) is 0 Å². The molecule has 0 radical (unpaired) electrons. The second-order valence-electron chi connectivity index (χ2n) is 5.99. The molecule has 1 fully saturated rings. The van der Waals surface area contributed by atoms with E-state index in [-0.39, 0.29) is 5.97 Å². The van der Waals surface area contributed by atoms with Crippen LogP contribution in [0, 0.1) is 0 Å². The van der Waals surface area contributed by atoms with Crippen molar-refractivity contribution >= 4 is 29.0 Å². The number of fused-ring (bicyclic) bond motifs is 1. The van der Waals surface area contributed by atoms with E-state index in [2.05, 4.69) is 5.32 Å². The number of hydrogen-bond acceptors (Lipinski definition) is 4. The van der Waals surface area contributed by atoms with Crippen LogP contribution < -0.4 is 15.0 Å². The number of nitrogens with one attached hydrogen (secondary N) is 1. The molecule has 1 aromatic carbocycles. The SMILES string of the molecule is COC(=O)[C@@H]1CN(C(=S)NC2CCCCC2)c2ccccc2O1. The van der Waals surface area contributed by atoms with E-state index in [1.54, 1.807) is 0 Å². The Bertz CT molecular complexity index is 587. The van der Waals surface area contributed by atoms with Gasteiger partial charge in [-0.25, -0.2) is 4.79 Å². The first-order valence-corrected chi connectivity index (χ1v) is 8.51. The molecule has 0 unspecified atom stereocenters. The number of nitrogens with zero attached hydrogens (tertiary/aromatic N) is 1. The van der Waals surface area contributed by atoms with Gasteiger partial charge in [-0.1, -0.05) is 31.4 Å². The first-order chi connectivity index (χ1) is 11.2. The molecule has 6 heteroatoms. The minimum absolute atomic E-state index is 0.363. The number of para-hydroxylation sites is 2. The van der Waals surface area contributed by atoms with Crippen LogP contribution in [0.3, 0.4) is 0 Å². The number of anilines is 1. The highest BCUT2D eigenvalue weighted by molar-refractivity contribution is 7.80. The zero-order chi connectivity index (χ0) is 16.2. The van der Waals surface area contributed by atoms with Crippen molar-refractivity contribution in [2.45, 2.75) is 44.2 Å². The molecule has 23 heavy (non-hydrogen) atoms. The standard InChI is InChI=1S/C17H22N2O3S/c1-21-16(20)15-11-19(13-9-5-6-10-14(13)22-15)17(23)18-12-7-3-2-4-8-12/h5-6,9-10,12,15H,2-4,7-8,11H2,1H3,(H,18,23)/t15-/m0/s1. The van der Waals surface area contributed by atoms with Crippen molar-refractivity contribution < 1.29 is 14.3 Å². The molecule has 5 nitrogen and oxygen atoms in total. The molecule has 2 aliphatic rings. The number of carbonyl (C=O) groups excluding carboxylic acids is 1. The summed E-state index contributed by atoms with van der Waals surface area (Å²) in [5, 5.41) is 4.11. The first-order valence-electron chi connectivity index (χ1n) is 8.10. The van der Waals surface area contributed by atoms with Crippen molar-refractivity contribution in [2.24, 2.45) is 0 Å². The Kier molecular flexibility index (Phi) is 5.00. The van der Waals surface area contributed by atoms with E-state index in [9.17, 15) is 4.79 Å². The molecule has 0 saturated heterocycles. The highest BCUT2D eigenvalue weighted by Crippen LogP contribution is 2.33. The van der Waals surface area contributed by atoms with Gasteiger partial charge in [-0.2, -0.15) is 0 Å². The summed E-state index contributed by atoms with van der Waals surface area (Å²) < 4.78 is 10.6. The summed E-state index contributed by atoms with van der Waals surface area (Å²) in [7, 11) is 1.37. The number of benzene rings is 1. The molecule has 1 aromatic rings. The summed E-state index contributed by atoms with van der Waals surface area (Å²) in [5.74, 6) is 0.270. The number of thiocarbonyl (C=S) groups is 1. The Morgan fingerprint density at radius 2 is 2.04 bits per heavy atom. The van der Waals surface area contributed by atoms with Crippen LogP contribution in [-0.4, -0.2) is 36.9 Å². The van der Waals surface area contributed by atoms with Crippen LogP contribution >= 0.6 is 12.2 Å². The Hall–Kier alpha value is -1.82. The van der Waals surface area contributed by atoms with Gasteiger partial charge in [0.2, 0.25) is 6.10 Å². The molecule has 124 valence electrons. The molecule has 0 bridgehead atoms. The number of hydrogen-bond donors (Lipinski definition) is 1. The molecular formula is C17H22N2O3S. The average molecular weight is 334 g/mol. The van der Waals surface area contributed by atoms with E-state index in [4.69, 9.17) is 21.7 Å². The molecule has 1 heterocycles. The van der Waals surface area contributed by atoms with Crippen molar-refractivity contribution in [1.29, 1.82) is 0 Å². The van der Waals surface area contributed by atoms with Gasteiger partial charge in [0.15, 0.2) is 5.11 Å². The van der Waals surface area contributed by atoms with Gasteiger partial charge >= 0.3 is 5.97 Å². The lowest BCUT2D eigenvalue weighted by Gasteiger charge is -2.36. The van der Waals surface area contributed by atoms with Gasteiger partial charge in [-0.3, -0.25) is 0 Å². The first kappa shape index (κ1) is 16.1. The van der Waals surface area contributed by atoms with Gasteiger partial charge in [0, 0.05) is 6.04 Å². The number of rotatable bonds is 2. The fourth-order valence-electron chi connectivity index (χ4n) is 3.18.